The second-order valence-electron chi connectivity index (χ2n) is 4.43. The lowest BCUT2D eigenvalue weighted by atomic mass is 10.1. The normalized spacial score (nSPS) is 10.7. The van der Waals surface area contributed by atoms with Crippen LogP contribution in [0.2, 0.25) is 5.02 Å². The van der Waals surface area contributed by atoms with E-state index in [1.54, 1.807) is 30.3 Å². The highest BCUT2D eigenvalue weighted by Crippen LogP contribution is 2.26. The lowest BCUT2D eigenvalue weighted by Gasteiger charge is -1.98. The van der Waals surface area contributed by atoms with Gasteiger partial charge in [0.2, 0.25) is 5.82 Å². The Bertz CT molecular complexity index is 751. The Hall–Kier alpha value is -2.33. The van der Waals surface area contributed by atoms with E-state index >= 15 is 0 Å². The van der Waals surface area contributed by atoms with Gasteiger partial charge in [-0.3, -0.25) is 0 Å². The van der Waals surface area contributed by atoms with Crippen molar-refractivity contribution >= 4 is 11.6 Å². The summed E-state index contributed by atoms with van der Waals surface area (Å²) in [7, 11) is 0. The summed E-state index contributed by atoms with van der Waals surface area (Å²) in [4.78, 5) is 4.33. The maximum absolute atomic E-state index is 9.26. The molecule has 3 aromatic rings. The monoisotopic (exact) mass is 286 g/mol. The van der Waals surface area contributed by atoms with Crippen molar-refractivity contribution in [3.8, 4) is 28.6 Å². The smallest absolute Gasteiger partial charge is 0.258 e. The highest BCUT2D eigenvalue weighted by Gasteiger charge is 2.11. The quantitative estimate of drug-likeness (QED) is 0.771. The number of phenols is 1. The molecule has 20 heavy (non-hydrogen) atoms. The standard InChI is InChI=1S/C15H11ClN2O2/c1-9-2-3-11(8-13(9)16)15-17-14(18-20-15)10-4-6-12(19)7-5-10/h2-8,19H,1H3. The third kappa shape index (κ3) is 2.38. The third-order valence-corrected chi connectivity index (χ3v) is 3.38. The van der Waals surface area contributed by atoms with Gasteiger partial charge in [0.15, 0.2) is 0 Å². The molecule has 0 saturated heterocycles. The third-order valence-electron chi connectivity index (χ3n) is 2.97. The Balaban J connectivity index is 1.97. The van der Waals surface area contributed by atoms with Crippen molar-refractivity contribution in [2.45, 2.75) is 6.92 Å². The molecule has 2 aromatic carbocycles. The van der Waals surface area contributed by atoms with Gasteiger partial charge in [0.25, 0.3) is 5.89 Å². The number of nitrogens with zero attached hydrogens (tertiary/aromatic N) is 2. The van der Waals surface area contributed by atoms with Crippen LogP contribution in [-0.2, 0) is 0 Å². The fraction of sp³-hybridized carbons (Fsp3) is 0.0667. The van der Waals surface area contributed by atoms with E-state index in [2.05, 4.69) is 10.1 Å². The molecular weight excluding hydrogens is 276 g/mol. The minimum absolute atomic E-state index is 0.197. The molecule has 0 aliphatic heterocycles. The molecule has 0 radical (unpaired) electrons. The first-order valence-corrected chi connectivity index (χ1v) is 6.41. The van der Waals surface area contributed by atoms with Crippen molar-refractivity contribution in [3.63, 3.8) is 0 Å². The van der Waals surface area contributed by atoms with Crippen LogP contribution in [0.15, 0.2) is 47.0 Å². The topological polar surface area (TPSA) is 59.2 Å². The summed E-state index contributed by atoms with van der Waals surface area (Å²) in [5, 5.41) is 13.9. The Morgan fingerprint density at radius 3 is 2.45 bits per heavy atom. The zero-order valence-corrected chi connectivity index (χ0v) is 11.4. The molecule has 0 saturated carbocycles. The van der Waals surface area contributed by atoms with Crippen LogP contribution >= 0.6 is 11.6 Å². The van der Waals surface area contributed by atoms with Crippen molar-refractivity contribution in [1.82, 2.24) is 10.1 Å². The van der Waals surface area contributed by atoms with Crippen molar-refractivity contribution in [2.24, 2.45) is 0 Å². The largest absolute Gasteiger partial charge is 0.508 e. The van der Waals surface area contributed by atoms with Crippen LogP contribution in [0.3, 0.4) is 0 Å². The van der Waals surface area contributed by atoms with Crippen molar-refractivity contribution in [3.05, 3.63) is 53.1 Å². The summed E-state index contributed by atoms with van der Waals surface area (Å²) in [6, 6.07) is 12.2. The lowest BCUT2D eigenvalue weighted by molar-refractivity contribution is 0.432. The number of phenolic OH excluding ortho intramolecular Hbond substituents is 1. The van der Waals surface area contributed by atoms with E-state index in [9.17, 15) is 5.11 Å². The van der Waals surface area contributed by atoms with Gasteiger partial charge in [0.05, 0.1) is 0 Å². The molecule has 1 N–H and O–H groups in total. The Labute approximate surface area is 120 Å². The summed E-state index contributed by atoms with van der Waals surface area (Å²) < 4.78 is 5.25. The molecule has 0 amide bonds. The average molecular weight is 287 g/mol. The van der Waals surface area contributed by atoms with Gasteiger partial charge in [-0.1, -0.05) is 22.8 Å². The molecule has 5 heteroatoms. The van der Waals surface area contributed by atoms with E-state index in [1.165, 1.54) is 0 Å². The lowest BCUT2D eigenvalue weighted by Crippen LogP contribution is -1.82. The Morgan fingerprint density at radius 2 is 1.75 bits per heavy atom. The molecule has 0 atom stereocenters. The number of aromatic nitrogens is 2. The predicted octanol–water partition coefficient (Wildman–Crippen LogP) is 4.07. The maximum Gasteiger partial charge on any atom is 0.258 e. The zero-order chi connectivity index (χ0) is 14.1. The van der Waals surface area contributed by atoms with E-state index in [4.69, 9.17) is 16.1 Å². The summed E-state index contributed by atoms with van der Waals surface area (Å²) >= 11 is 6.09. The molecule has 3 rings (SSSR count). The number of rotatable bonds is 2. The number of halogens is 1. The molecule has 1 aromatic heterocycles. The van der Waals surface area contributed by atoms with E-state index in [0.717, 1.165) is 16.7 Å². The molecule has 100 valence electrons. The van der Waals surface area contributed by atoms with Gasteiger partial charge in [0.1, 0.15) is 5.75 Å². The highest BCUT2D eigenvalue weighted by atomic mass is 35.5. The van der Waals surface area contributed by atoms with Gasteiger partial charge in [-0.15, -0.1) is 0 Å². The fourth-order valence-corrected chi connectivity index (χ4v) is 1.97. The van der Waals surface area contributed by atoms with Gasteiger partial charge in [-0.2, -0.15) is 4.98 Å². The average Bonchev–Trinajstić information content (AvgIpc) is 2.92. The van der Waals surface area contributed by atoms with Crippen molar-refractivity contribution < 1.29 is 9.63 Å². The molecule has 0 fully saturated rings. The predicted molar refractivity (Wildman–Crippen MR) is 76.6 cm³/mol. The molecule has 0 bridgehead atoms. The van der Waals surface area contributed by atoms with Crippen LogP contribution in [0, 0.1) is 6.92 Å². The van der Waals surface area contributed by atoms with Crippen LogP contribution in [0.1, 0.15) is 5.56 Å². The Morgan fingerprint density at radius 1 is 1.05 bits per heavy atom. The summed E-state index contributed by atoms with van der Waals surface area (Å²) in [6.45, 7) is 1.93. The summed E-state index contributed by atoms with van der Waals surface area (Å²) in [5.41, 5.74) is 2.54. The summed E-state index contributed by atoms with van der Waals surface area (Å²) in [5.74, 6) is 1.08. The first-order chi connectivity index (χ1) is 9.63. The first-order valence-electron chi connectivity index (χ1n) is 6.03. The van der Waals surface area contributed by atoms with Gasteiger partial charge in [0, 0.05) is 16.1 Å². The van der Waals surface area contributed by atoms with E-state index in [0.29, 0.717) is 16.7 Å². The minimum Gasteiger partial charge on any atom is -0.508 e. The van der Waals surface area contributed by atoms with E-state index in [-0.39, 0.29) is 5.75 Å². The van der Waals surface area contributed by atoms with E-state index < -0.39 is 0 Å². The molecule has 1 heterocycles. The number of aryl methyl sites for hydroxylation is 1. The Kier molecular flexibility index (Phi) is 3.16. The fourth-order valence-electron chi connectivity index (χ4n) is 1.79. The van der Waals surface area contributed by atoms with Crippen LogP contribution in [0.4, 0.5) is 0 Å². The van der Waals surface area contributed by atoms with Gasteiger partial charge in [-0.05, 0) is 48.9 Å². The van der Waals surface area contributed by atoms with Crippen LogP contribution in [-0.4, -0.2) is 15.2 Å². The summed E-state index contributed by atoms with van der Waals surface area (Å²) in [6.07, 6.45) is 0. The first kappa shape index (κ1) is 12.7. The molecule has 0 spiro atoms. The molecule has 4 nitrogen and oxygen atoms in total. The maximum atomic E-state index is 9.26. The van der Waals surface area contributed by atoms with Gasteiger partial charge >= 0.3 is 0 Å². The van der Waals surface area contributed by atoms with Crippen molar-refractivity contribution in [2.75, 3.05) is 0 Å². The second kappa shape index (κ2) is 4.98. The minimum atomic E-state index is 0.197. The van der Waals surface area contributed by atoms with Crippen LogP contribution in [0.5, 0.6) is 5.75 Å². The molecule has 0 aliphatic carbocycles. The van der Waals surface area contributed by atoms with E-state index in [1.807, 2.05) is 19.1 Å². The van der Waals surface area contributed by atoms with Gasteiger partial charge < -0.3 is 9.63 Å². The zero-order valence-electron chi connectivity index (χ0n) is 10.7. The number of hydrogen-bond donors (Lipinski definition) is 1. The SMILES string of the molecule is Cc1ccc(-c2nc(-c3ccc(O)cc3)no2)cc1Cl. The number of benzene rings is 2. The second-order valence-corrected chi connectivity index (χ2v) is 4.84. The van der Waals surface area contributed by atoms with Crippen LogP contribution < -0.4 is 0 Å². The number of aromatic hydroxyl groups is 1. The number of hydrogen-bond acceptors (Lipinski definition) is 4. The molecule has 0 aliphatic rings. The van der Waals surface area contributed by atoms with Gasteiger partial charge in [-0.25, -0.2) is 0 Å². The van der Waals surface area contributed by atoms with Crippen LogP contribution in [0.25, 0.3) is 22.8 Å². The molecule has 0 unspecified atom stereocenters. The van der Waals surface area contributed by atoms with Crippen molar-refractivity contribution in [1.29, 1.82) is 0 Å². The molecular formula is C15H11ClN2O2. The highest BCUT2D eigenvalue weighted by molar-refractivity contribution is 6.31.